The van der Waals surface area contributed by atoms with Crippen molar-refractivity contribution in [2.24, 2.45) is 0 Å². The molecule has 0 unspecified atom stereocenters. The molecular formula is C2AgN2Na. The molecule has 0 aromatic rings. The molecule has 0 fully saturated rings. The molecule has 6 heavy (non-hydrogen) atoms. The van der Waals surface area contributed by atoms with Crippen molar-refractivity contribution in [3.63, 3.8) is 0 Å². The van der Waals surface area contributed by atoms with Crippen molar-refractivity contribution in [3.8, 4) is 4.29 Å². The Morgan fingerprint density at radius 3 is 1.50 bits per heavy atom. The summed E-state index contributed by atoms with van der Waals surface area (Å²) in [6.07, 6.45) is 0. The third-order valence-electron chi connectivity index (χ3n) is 0. The summed E-state index contributed by atoms with van der Waals surface area (Å²) in [5.41, 5.74) is 0. The third kappa shape index (κ3) is 126. The third-order valence-corrected chi connectivity index (χ3v) is 0. The van der Waals surface area contributed by atoms with E-state index in [-0.39, 0.29) is 29.6 Å². The zero-order chi connectivity index (χ0) is 4.71. The first-order valence-corrected chi connectivity index (χ1v) is 1.34. The largest absolute Gasteiger partial charge is 1.00 e. The van der Waals surface area contributed by atoms with Crippen molar-refractivity contribution < 1.29 is 50.6 Å². The fourth-order valence-corrected chi connectivity index (χ4v) is 0. The van der Waals surface area contributed by atoms with Crippen LogP contribution in [0.5, 0.6) is 0 Å². The number of hydrogen-bond acceptors (Lipinski definition) is 2. The second-order valence-corrected chi connectivity index (χ2v) is 0.399. The fourth-order valence-electron chi connectivity index (χ4n) is 0. The number of hydrogen-bond donors (Lipinski definition) is 0. The van der Waals surface area contributed by atoms with Gasteiger partial charge in [0.05, 0.1) is 0 Å². The summed E-state index contributed by atoms with van der Waals surface area (Å²) < 4.78 is 1.56. The van der Waals surface area contributed by atoms with Crippen LogP contribution >= 0.6 is 0 Å². The summed E-state index contributed by atoms with van der Waals surface area (Å²) in [7, 11) is 0. The average Bonchev–Trinajstić information content (AvgIpc) is 1.46. The minimum Gasteiger partial charge on any atom is -0.512 e. The van der Waals surface area contributed by atoms with Crippen molar-refractivity contribution in [2.75, 3.05) is 0 Å². The Morgan fingerprint density at radius 2 is 1.50 bits per heavy atom. The van der Waals surface area contributed by atoms with Gasteiger partial charge in [0.1, 0.15) is 0 Å². The number of nitrogens with zero attached hydrogens (tertiary/aromatic N) is 2. The summed E-state index contributed by atoms with van der Waals surface area (Å²) in [4.78, 5) is 0. The molecule has 0 atom stereocenters. The minimum absolute atomic E-state index is 0. The van der Waals surface area contributed by atoms with Crippen molar-refractivity contribution in [1.29, 1.82) is 10.5 Å². The Morgan fingerprint density at radius 1 is 1.50 bits per heavy atom. The smallest absolute Gasteiger partial charge is 0.512 e. The molecule has 0 bridgehead atoms. The van der Waals surface area contributed by atoms with Gasteiger partial charge in [-0.3, -0.25) is 0 Å². The molecule has 0 saturated carbocycles. The van der Waals surface area contributed by atoms with Crippen LogP contribution in [0.2, 0.25) is 0 Å². The van der Waals surface area contributed by atoms with Crippen LogP contribution in [0.3, 0.4) is 0 Å². The quantitative estimate of drug-likeness (QED) is 0.299. The SMILES string of the molecule is N#[C][Ag].[C-]#N.[Na+]. The second kappa shape index (κ2) is 43.1. The van der Waals surface area contributed by atoms with Gasteiger partial charge < -0.3 is 11.8 Å². The fraction of sp³-hybridized carbons (Fsp3) is 0. The maximum absolute atomic E-state index is 7.24. The first-order chi connectivity index (χ1) is 2.41. The number of nitriles is 1. The predicted molar refractivity (Wildman–Crippen MR) is 10.6 cm³/mol. The van der Waals surface area contributed by atoms with Crippen LogP contribution in [0.1, 0.15) is 0 Å². The standard InChI is InChI=1S/2CN.Ag.Na/c2*1-2;;/q;-1;;+1. The molecule has 0 aromatic carbocycles. The monoisotopic (exact) mass is 182 g/mol. The molecular weight excluding hydrogens is 183 g/mol. The van der Waals surface area contributed by atoms with E-state index in [4.69, 9.17) is 17.1 Å². The predicted octanol–water partition coefficient (Wildman–Crippen LogP) is -2.89. The Hall–Kier alpha value is 0.720. The van der Waals surface area contributed by atoms with Crippen molar-refractivity contribution >= 4 is 0 Å². The van der Waals surface area contributed by atoms with Crippen molar-refractivity contribution in [2.45, 2.75) is 0 Å². The van der Waals surface area contributed by atoms with Gasteiger partial charge in [-0.2, -0.15) is 0 Å². The molecule has 0 radical (unpaired) electrons. The van der Waals surface area contributed by atoms with Gasteiger partial charge >= 0.3 is 60.2 Å². The van der Waals surface area contributed by atoms with Gasteiger partial charge in [0.25, 0.3) is 0 Å². The van der Waals surface area contributed by atoms with E-state index >= 15 is 0 Å². The molecule has 0 heterocycles. The maximum atomic E-state index is 7.24. The van der Waals surface area contributed by atoms with Gasteiger partial charge in [-0.15, -0.1) is 0 Å². The molecule has 0 aromatic heterocycles. The molecule has 4 heteroatoms. The topological polar surface area (TPSA) is 47.6 Å². The van der Waals surface area contributed by atoms with Crippen LogP contribution < -0.4 is 29.6 Å². The first-order valence-electron chi connectivity index (χ1n) is 0.598. The van der Waals surface area contributed by atoms with Gasteiger partial charge in [0, 0.05) is 0 Å². The van der Waals surface area contributed by atoms with Crippen molar-refractivity contribution in [3.05, 3.63) is 6.57 Å². The summed E-state index contributed by atoms with van der Waals surface area (Å²) >= 11 is 2.46. The molecule has 0 rings (SSSR count). The summed E-state index contributed by atoms with van der Waals surface area (Å²) in [6, 6.07) is 0. The van der Waals surface area contributed by atoms with Crippen LogP contribution in [0.4, 0.5) is 0 Å². The van der Waals surface area contributed by atoms with Crippen LogP contribution in [0.15, 0.2) is 0 Å². The average molecular weight is 183 g/mol. The normalized spacial score (nSPS) is 1.83. The van der Waals surface area contributed by atoms with E-state index in [1.165, 1.54) is 0 Å². The van der Waals surface area contributed by atoms with E-state index in [1.807, 2.05) is 0 Å². The zero-order valence-electron chi connectivity index (χ0n) is 3.20. The molecule has 30 valence electrons. The molecule has 0 aliphatic heterocycles. The molecule has 0 spiro atoms. The molecule has 0 amide bonds. The Bertz CT molecular complexity index is 54.3. The molecule has 0 aliphatic carbocycles. The maximum Gasteiger partial charge on any atom is 1.00 e. The van der Waals surface area contributed by atoms with Crippen LogP contribution in [-0.4, -0.2) is 0 Å². The first kappa shape index (κ1) is 15.9. The van der Waals surface area contributed by atoms with E-state index in [9.17, 15) is 0 Å². The Labute approximate surface area is 71.3 Å². The van der Waals surface area contributed by atoms with E-state index in [0.29, 0.717) is 0 Å². The molecule has 2 nitrogen and oxygen atoms in total. The number of rotatable bonds is 0. The Kier molecular flexibility index (Phi) is 114. The van der Waals surface area contributed by atoms with Gasteiger partial charge in [-0.25, -0.2) is 0 Å². The summed E-state index contributed by atoms with van der Waals surface area (Å²) in [5, 5.41) is 13.5. The second-order valence-electron chi connectivity index (χ2n) is 0.0674. The molecule has 0 saturated heterocycles. The Balaban J connectivity index is -0.0000000275. The van der Waals surface area contributed by atoms with Gasteiger partial charge in [0.2, 0.25) is 0 Å². The van der Waals surface area contributed by atoms with E-state index in [0.717, 1.165) is 0 Å². The van der Waals surface area contributed by atoms with E-state index < -0.39 is 0 Å². The van der Waals surface area contributed by atoms with Crippen LogP contribution in [0, 0.1) is 21.4 Å². The van der Waals surface area contributed by atoms with E-state index in [2.05, 4.69) is 21.1 Å². The van der Waals surface area contributed by atoms with E-state index in [1.54, 1.807) is 4.29 Å². The van der Waals surface area contributed by atoms with Crippen molar-refractivity contribution in [1.82, 2.24) is 0 Å². The molecule has 0 aliphatic rings. The van der Waals surface area contributed by atoms with Gasteiger partial charge in [-0.1, -0.05) is 0 Å². The molecule has 0 N–H and O–H groups in total. The summed E-state index contributed by atoms with van der Waals surface area (Å²) in [5.74, 6) is 0. The summed E-state index contributed by atoms with van der Waals surface area (Å²) in [6.45, 7) is 4.75. The van der Waals surface area contributed by atoms with Gasteiger partial charge in [-0.05, 0) is 0 Å². The van der Waals surface area contributed by atoms with Gasteiger partial charge in [0.15, 0.2) is 0 Å². The van der Waals surface area contributed by atoms with Crippen LogP contribution in [-0.2, 0) is 21.1 Å². The zero-order valence-corrected chi connectivity index (χ0v) is 6.68. The minimum atomic E-state index is 0. The van der Waals surface area contributed by atoms with Crippen LogP contribution in [0.25, 0.3) is 0 Å².